The summed E-state index contributed by atoms with van der Waals surface area (Å²) in [5, 5.41) is 2.91. The molecule has 0 radical (unpaired) electrons. The summed E-state index contributed by atoms with van der Waals surface area (Å²) >= 11 is 0. The average molecular weight is 216 g/mol. The van der Waals surface area contributed by atoms with E-state index in [2.05, 4.69) is 29.4 Å². The Morgan fingerprint density at radius 2 is 2.00 bits per heavy atom. The second-order valence-corrected chi connectivity index (χ2v) is 3.88. The van der Waals surface area contributed by atoms with Gasteiger partial charge in [0, 0.05) is 13.5 Å². The van der Waals surface area contributed by atoms with Crippen molar-refractivity contribution in [2.75, 3.05) is 12.4 Å². The molecule has 0 bridgehead atoms. The van der Waals surface area contributed by atoms with Gasteiger partial charge in [0.15, 0.2) is 0 Å². The van der Waals surface area contributed by atoms with Crippen LogP contribution in [0.4, 0.5) is 6.01 Å². The number of benzene rings is 1. The minimum Gasteiger partial charge on any atom is -0.428 e. The Bertz CT molecular complexity index is 488. The minimum atomic E-state index is 0.584. The first-order valence-electron chi connectivity index (χ1n) is 5.39. The van der Waals surface area contributed by atoms with Crippen LogP contribution in [0.5, 0.6) is 0 Å². The molecule has 2 rings (SSSR count). The summed E-state index contributed by atoms with van der Waals surface area (Å²) in [4.78, 5) is 4.28. The highest BCUT2D eigenvalue weighted by molar-refractivity contribution is 5.32. The monoisotopic (exact) mass is 216 g/mol. The van der Waals surface area contributed by atoms with E-state index in [9.17, 15) is 0 Å². The molecule has 0 fully saturated rings. The molecule has 0 saturated heterocycles. The molecule has 3 heteroatoms. The number of anilines is 1. The number of aryl methyl sites for hydroxylation is 2. The van der Waals surface area contributed by atoms with Gasteiger partial charge in [-0.3, -0.25) is 0 Å². The van der Waals surface area contributed by atoms with Gasteiger partial charge < -0.3 is 9.73 Å². The molecular formula is C13H16N2O. The molecule has 2 aromatic rings. The van der Waals surface area contributed by atoms with Gasteiger partial charge in [0.25, 0.3) is 6.01 Å². The van der Waals surface area contributed by atoms with Gasteiger partial charge in [-0.2, -0.15) is 4.98 Å². The summed E-state index contributed by atoms with van der Waals surface area (Å²) in [7, 11) is 1.81. The lowest BCUT2D eigenvalue weighted by Crippen LogP contribution is -1.91. The zero-order valence-corrected chi connectivity index (χ0v) is 9.87. The van der Waals surface area contributed by atoms with E-state index in [0.717, 1.165) is 17.9 Å². The Labute approximate surface area is 95.5 Å². The maximum Gasteiger partial charge on any atom is 0.294 e. The topological polar surface area (TPSA) is 38.1 Å². The molecule has 3 nitrogen and oxygen atoms in total. The molecule has 0 aliphatic rings. The van der Waals surface area contributed by atoms with Crippen LogP contribution in [0.15, 0.2) is 28.7 Å². The first-order chi connectivity index (χ1) is 7.70. The Hall–Kier alpha value is -1.77. The molecule has 84 valence electrons. The summed E-state index contributed by atoms with van der Waals surface area (Å²) in [5.41, 5.74) is 3.52. The molecule has 16 heavy (non-hydrogen) atoms. The summed E-state index contributed by atoms with van der Waals surface area (Å²) in [6.45, 7) is 4.08. The molecule has 1 aromatic carbocycles. The summed E-state index contributed by atoms with van der Waals surface area (Å²) < 4.78 is 5.60. The molecule has 0 aliphatic heterocycles. The van der Waals surface area contributed by atoms with E-state index in [-0.39, 0.29) is 0 Å². The van der Waals surface area contributed by atoms with Crippen LogP contribution in [0.1, 0.15) is 22.6 Å². The maximum atomic E-state index is 5.60. The van der Waals surface area contributed by atoms with E-state index in [1.807, 2.05) is 26.1 Å². The lowest BCUT2D eigenvalue weighted by molar-refractivity contribution is 0.528. The molecule has 0 amide bonds. The van der Waals surface area contributed by atoms with Crippen LogP contribution in [-0.2, 0) is 6.42 Å². The van der Waals surface area contributed by atoms with Crippen molar-refractivity contribution in [1.29, 1.82) is 0 Å². The summed E-state index contributed by atoms with van der Waals surface area (Å²) in [5.74, 6) is 0.929. The molecule has 0 saturated carbocycles. The standard InChI is InChI=1S/C13H16N2O/c1-9-6-4-5-7-11(9)8-12-10(2)15-13(14-3)16-12/h4-7H,8H2,1-3H3,(H,14,15). The van der Waals surface area contributed by atoms with Crippen molar-refractivity contribution in [2.45, 2.75) is 20.3 Å². The largest absolute Gasteiger partial charge is 0.428 e. The predicted octanol–water partition coefficient (Wildman–Crippen LogP) is 2.92. The van der Waals surface area contributed by atoms with Crippen LogP contribution < -0.4 is 5.32 Å². The lowest BCUT2D eigenvalue weighted by Gasteiger charge is -2.02. The van der Waals surface area contributed by atoms with Crippen LogP contribution in [0.25, 0.3) is 0 Å². The van der Waals surface area contributed by atoms with Gasteiger partial charge >= 0.3 is 0 Å². The highest BCUT2D eigenvalue weighted by Crippen LogP contribution is 2.19. The molecule has 1 aromatic heterocycles. The predicted molar refractivity (Wildman–Crippen MR) is 64.8 cm³/mol. The number of hydrogen-bond acceptors (Lipinski definition) is 3. The van der Waals surface area contributed by atoms with Gasteiger partial charge in [-0.1, -0.05) is 24.3 Å². The first kappa shape index (κ1) is 10.7. The van der Waals surface area contributed by atoms with E-state index in [0.29, 0.717) is 6.01 Å². The SMILES string of the molecule is CNc1nc(C)c(Cc2ccccc2C)o1. The normalized spacial score (nSPS) is 10.4. The van der Waals surface area contributed by atoms with Gasteiger partial charge in [-0.05, 0) is 25.0 Å². The highest BCUT2D eigenvalue weighted by Gasteiger charge is 2.09. The first-order valence-corrected chi connectivity index (χ1v) is 5.39. The van der Waals surface area contributed by atoms with Crippen LogP contribution in [0.3, 0.4) is 0 Å². The molecular weight excluding hydrogens is 200 g/mol. The van der Waals surface area contributed by atoms with Gasteiger partial charge in [-0.25, -0.2) is 0 Å². The van der Waals surface area contributed by atoms with Crippen molar-refractivity contribution < 1.29 is 4.42 Å². The minimum absolute atomic E-state index is 0.584. The Morgan fingerprint density at radius 3 is 2.62 bits per heavy atom. The van der Waals surface area contributed by atoms with Crippen molar-refractivity contribution in [3.05, 3.63) is 46.8 Å². The molecule has 0 aliphatic carbocycles. The van der Waals surface area contributed by atoms with E-state index < -0.39 is 0 Å². The fourth-order valence-electron chi connectivity index (χ4n) is 1.68. The zero-order valence-electron chi connectivity index (χ0n) is 9.87. The van der Waals surface area contributed by atoms with Gasteiger partial charge in [0.2, 0.25) is 0 Å². The number of nitrogens with zero attached hydrogens (tertiary/aromatic N) is 1. The average Bonchev–Trinajstić information content (AvgIpc) is 2.63. The van der Waals surface area contributed by atoms with Crippen LogP contribution >= 0.6 is 0 Å². The Morgan fingerprint density at radius 1 is 1.25 bits per heavy atom. The smallest absolute Gasteiger partial charge is 0.294 e. The van der Waals surface area contributed by atoms with Crippen molar-refractivity contribution in [3.8, 4) is 0 Å². The van der Waals surface area contributed by atoms with Gasteiger partial charge in [-0.15, -0.1) is 0 Å². The third-order valence-corrected chi connectivity index (χ3v) is 2.72. The third kappa shape index (κ3) is 2.08. The fourth-order valence-corrected chi connectivity index (χ4v) is 1.68. The molecule has 0 unspecified atom stereocenters. The highest BCUT2D eigenvalue weighted by atomic mass is 16.4. The van der Waals surface area contributed by atoms with E-state index in [4.69, 9.17) is 4.42 Å². The molecule has 1 N–H and O–H groups in total. The maximum absolute atomic E-state index is 5.60. The van der Waals surface area contributed by atoms with E-state index >= 15 is 0 Å². The van der Waals surface area contributed by atoms with E-state index in [1.165, 1.54) is 11.1 Å². The number of aromatic nitrogens is 1. The lowest BCUT2D eigenvalue weighted by atomic mass is 10.0. The summed E-state index contributed by atoms with van der Waals surface area (Å²) in [6.07, 6.45) is 0.799. The second-order valence-electron chi connectivity index (χ2n) is 3.88. The van der Waals surface area contributed by atoms with Crippen LogP contribution in [-0.4, -0.2) is 12.0 Å². The van der Waals surface area contributed by atoms with Crippen molar-refractivity contribution in [3.63, 3.8) is 0 Å². The van der Waals surface area contributed by atoms with Gasteiger partial charge in [0.05, 0.1) is 5.69 Å². The number of oxazole rings is 1. The molecule has 0 atom stereocenters. The molecule has 0 spiro atoms. The number of rotatable bonds is 3. The third-order valence-electron chi connectivity index (χ3n) is 2.72. The fraction of sp³-hybridized carbons (Fsp3) is 0.308. The van der Waals surface area contributed by atoms with Crippen LogP contribution in [0.2, 0.25) is 0 Å². The van der Waals surface area contributed by atoms with Crippen molar-refractivity contribution in [2.24, 2.45) is 0 Å². The van der Waals surface area contributed by atoms with E-state index in [1.54, 1.807) is 0 Å². The Balaban J connectivity index is 2.27. The second kappa shape index (κ2) is 4.39. The quantitative estimate of drug-likeness (QED) is 0.857. The summed E-state index contributed by atoms with van der Waals surface area (Å²) in [6, 6.07) is 8.91. The van der Waals surface area contributed by atoms with Crippen molar-refractivity contribution in [1.82, 2.24) is 4.98 Å². The Kier molecular flexibility index (Phi) is 2.95. The zero-order chi connectivity index (χ0) is 11.5. The number of nitrogens with one attached hydrogen (secondary N) is 1. The van der Waals surface area contributed by atoms with Gasteiger partial charge in [0.1, 0.15) is 5.76 Å². The molecule has 1 heterocycles. The van der Waals surface area contributed by atoms with Crippen LogP contribution in [0, 0.1) is 13.8 Å². The van der Waals surface area contributed by atoms with Crippen molar-refractivity contribution >= 4 is 6.01 Å². The number of hydrogen-bond donors (Lipinski definition) is 1.